The van der Waals surface area contributed by atoms with E-state index in [2.05, 4.69) is 11.6 Å². The van der Waals surface area contributed by atoms with Crippen LogP contribution in [-0.2, 0) is 16.6 Å². The molecule has 1 rings (SSSR count). The van der Waals surface area contributed by atoms with E-state index in [9.17, 15) is 8.42 Å². The van der Waals surface area contributed by atoms with Gasteiger partial charge in [0.15, 0.2) is 0 Å². The van der Waals surface area contributed by atoms with Crippen molar-refractivity contribution in [2.24, 2.45) is 5.73 Å². The van der Waals surface area contributed by atoms with Crippen LogP contribution in [0.15, 0.2) is 17.0 Å². The Morgan fingerprint density at radius 2 is 1.90 bits per heavy atom. The molecule has 4 nitrogen and oxygen atoms in total. The summed E-state index contributed by atoms with van der Waals surface area (Å²) < 4.78 is 26.9. The third-order valence-electron chi connectivity index (χ3n) is 2.97. The van der Waals surface area contributed by atoms with Crippen molar-refractivity contribution in [2.45, 2.75) is 44.0 Å². The van der Waals surface area contributed by atoms with Crippen molar-refractivity contribution in [3.63, 3.8) is 0 Å². The van der Waals surface area contributed by atoms with Gasteiger partial charge in [-0.05, 0) is 18.6 Å². The van der Waals surface area contributed by atoms with Crippen molar-refractivity contribution < 1.29 is 8.42 Å². The van der Waals surface area contributed by atoms with E-state index in [1.54, 1.807) is 0 Å². The molecule has 0 atom stereocenters. The Bertz CT molecular complexity index is 548. The lowest BCUT2D eigenvalue weighted by atomic mass is 10.2. The molecular formula is C13H20Cl2N2O2S. The Morgan fingerprint density at radius 3 is 2.50 bits per heavy atom. The van der Waals surface area contributed by atoms with E-state index in [0.717, 1.165) is 25.7 Å². The van der Waals surface area contributed by atoms with Gasteiger partial charge in [-0.3, -0.25) is 0 Å². The summed E-state index contributed by atoms with van der Waals surface area (Å²) in [5.74, 6) is 0. The van der Waals surface area contributed by atoms with Crippen molar-refractivity contribution in [3.8, 4) is 0 Å². The predicted octanol–water partition coefficient (Wildman–Crippen LogP) is 3.31. The first kappa shape index (κ1) is 17.7. The van der Waals surface area contributed by atoms with E-state index in [1.807, 2.05) is 0 Å². The first-order chi connectivity index (χ1) is 9.44. The maximum absolute atomic E-state index is 12.2. The molecule has 0 amide bonds. The molecule has 0 unspecified atom stereocenters. The van der Waals surface area contributed by atoms with Crippen LogP contribution >= 0.6 is 23.2 Å². The fourth-order valence-corrected chi connectivity index (χ4v) is 3.81. The van der Waals surface area contributed by atoms with Gasteiger partial charge in [0.1, 0.15) is 4.90 Å². The van der Waals surface area contributed by atoms with Gasteiger partial charge in [-0.25, -0.2) is 13.1 Å². The summed E-state index contributed by atoms with van der Waals surface area (Å²) in [7, 11) is -3.62. The Balaban J connectivity index is 2.83. The second-order valence-electron chi connectivity index (χ2n) is 4.50. The molecule has 3 N–H and O–H groups in total. The molecule has 1 aromatic carbocycles. The van der Waals surface area contributed by atoms with E-state index >= 15 is 0 Å². The Kier molecular flexibility index (Phi) is 7.26. The highest BCUT2D eigenvalue weighted by molar-refractivity contribution is 7.89. The summed E-state index contributed by atoms with van der Waals surface area (Å²) in [5.41, 5.74) is 5.98. The maximum atomic E-state index is 12.2. The molecule has 0 fully saturated rings. The molecule has 0 radical (unpaired) electrons. The minimum absolute atomic E-state index is 0.0273. The van der Waals surface area contributed by atoms with Gasteiger partial charge >= 0.3 is 0 Å². The number of benzene rings is 1. The normalized spacial score (nSPS) is 11.8. The molecule has 0 aliphatic carbocycles. The lowest BCUT2D eigenvalue weighted by Crippen LogP contribution is -2.25. The number of hydrogen-bond acceptors (Lipinski definition) is 3. The lowest BCUT2D eigenvalue weighted by molar-refractivity contribution is 0.573. The van der Waals surface area contributed by atoms with Crippen molar-refractivity contribution in [1.29, 1.82) is 0 Å². The fraction of sp³-hybridized carbons (Fsp3) is 0.538. The van der Waals surface area contributed by atoms with Gasteiger partial charge < -0.3 is 5.73 Å². The third kappa shape index (κ3) is 4.60. The minimum atomic E-state index is -3.62. The van der Waals surface area contributed by atoms with Crippen LogP contribution in [0.5, 0.6) is 0 Å². The van der Waals surface area contributed by atoms with E-state index < -0.39 is 10.0 Å². The molecule has 0 saturated heterocycles. The molecule has 0 aliphatic heterocycles. The van der Waals surface area contributed by atoms with Crippen LogP contribution in [0.2, 0.25) is 10.0 Å². The van der Waals surface area contributed by atoms with E-state index in [1.165, 1.54) is 12.1 Å². The van der Waals surface area contributed by atoms with Gasteiger partial charge in [-0.2, -0.15) is 0 Å². The highest BCUT2D eigenvalue weighted by Crippen LogP contribution is 2.30. The van der Waals surface area contributed by atoms with Gasteiger partial charge in [-0.1, -0.05) is 49.4 Å². The number of unbranched alkanes of at least 4 members (excludes halogenated alkanes) is 3. The molecule has 7 heteroatoms. The Morgan fingerprint density at radius 1 is 1.20 bits per heavy atom. The highest BCUT2D eigenvalue weighted by Gasteiger charge is 2.20. The summed E-state index contributed by atoms with van der Waals surface area (Å²) >= 11 is 12.0. The van der Waals surface area contributed by atoms with Crippen molar-refractivity contribution >= 4 is 33.2 Å². The van der Waals surface area contributed by atoms with Gasteiger partial charge in [0, 0.05) is 23.7 Å². The first-order valence-electron chi connectivity index (χ1n) is 6.60. The van der Waals surface area contributed by atoms with Crippen LogP contribution < -0.4 is 10.5 Å². The molecule has 0 aliphatic rings. The molecule has 1 aromatic rings. The predicted molar refractivity (Wildman–Crippen MR) is 83.7 cm³/mol. The summed E-state index contributed by atoms with van der Waals surface area (Å²) in [6, 6.07) is 2.90. The summed E-state index contributed by atoms with van der Waals surface area (Å²) in [6.07, 6.45) is 4.01. The van der Waals surface area contributed by atoms with E-state index in [0.29, 0.717) is 17.1 Å². The standard InChI is InChI=1S/C13H20Cl2N2O2S/c1-2-3-4-5-8-17-20(18,19)12-7-6-11(14)10(9-16)13(12)15/h6-7,17H,2-5,8-9,16H2,1H3. The molecule has 0 bridgehead atoms. The van der Waals surface area contributed by atoms with Gasteiger partial charge in [0.2, 0.25) is 10.0 Å². The summed E-state index contributed by atoms with van der Waals surface area (Å²) in [4.78, 5) is 0.0273. The summed E-state index contributed by atoms with van der Waals surface area (Å²) in [5, 5.41) is 0.473. The number of halogens is 2. The van der Waals surface area contributed by atoms with Crippen molar-refractivity contribution in [1.82, 2.24) is 4.72 Å². The number of hydrogen-bond donors (Lipinski definition) is 2. The van der Waals surface area contributed by atoms with E-state index in [-0.39, 0.29) is 16.5 Å². The van der Waals surface area contributed by atoms with Crippen LogP contribution in [0.1, 0.15) is 38.2 Å². The van der Waals surface area contributed by atoms with Gasteiger partial charge in [-0.15, -0.1) is 0 Å². The monoisotopic (exact) mass is 338 g/mol. The van der Waals surface area contributed by atoms with Crippen LogP contribution in [0.3, 0.4) is 0 Å². The molecule has 0 spiro atoms. The van der Waals surface area contributed by atoms with Gasteiger partial charge in [0.05, 0.1) is 5.02 Å². The van der Waals surface area contributed by atoms with Crippen molar-refractivity contribution in [3.05, 3.63) is 27.7 Å². The fourth-order valence-electron chi connectivity index (χ4n) is 1.81. The van der Waals surface area contributed by atoms with Crippen molar-refractivity contribution in [2.75, 3.05) is 6.54 Å². The first-order valence-corrected chi connectivity index (χ1v) is 8.84. The van der Waals surface area contributed by atoms with Crippen LogP contribution in [0.4, 0.5) is 0 Å². The maximum Gasteiger partial charge on any atom is 0.242 e. The zero-order valence-corrected chi connectivity index (χ0v) is 13.8. The number of nitrogens with one attached hydrogen (secondary N) is 1. The zero-order chi connectivity index (χ0) is 15.2. The van der Waals surface area contributed by atoms with E-state index in [4.69, 9.17) is 28.9 Å². The number of nitrogens with two attached hydrogens (primary N) is 1. The smallest absolute Gasteiger partial charge is 0.242 e. The topological polar surface area (TPSA) is 72.2 Å². The second-order valence-corrected chi connectivity index (χ2v) is 7.02. The number of rotatable bonds is 8. The largest absolute Gasteiger partial charge is 0.326 e. The van der Waals surface area contributed by atoms with Crippen LogP contribution in [0.25, 0.3) is 0 Å². The van der Waals surface area contributed by atoms with Crippen LogP contribution in [0, 0.1) is 0 Å². The Labute approximate surface area is 130 Å². The second kappa shape index (κ2) is 8.20. The zero-order valence-electron chi connectivity index (χ0n) is 11.5. The minimum Gasteiger partial charge on any atom is -0.326 e. The number of sulfonamides is 1. The SMILES string of the molecule is CCCCCCNS(=O)(=O)c1ccc(Cl)c(CN)c1Cl. The molecule has 0 heterocycles. The molecule has 114 valence electrons. The quantitative estimate of drug-likeness (QED) is 0.714. The molecule has 0 aromatic heterocycles. The third-order valence-corrected chi connectivity index (χ3v) is 5.37. The molecule has 0 saturated carbocycles. The van der Waals surface area contributed by atoms with Gasteiger partial charge in [0.25, 0.3) is 0 Å². The van der Waals surface area contributed by atoms with Crippen LogP contribution in [-0.4, -0.2) is 15.0 Å². The lowest BCUT2D eigenvalue weighted by Gasteiger charge is -2.11. The summed E-state index contributed by atoms with van der Waals surface area (Å²) in [6.45, 7) is 2.60. The average molecular weight is 339 g/mol. The average Bonchev–Trinajstić information content (AvgIpc) is 2.38. The Hall–Kier alpha value is -0.330. The molecular weight excluding hydrogens is 319 g/mol. The molecule has 20 heavy (non-hydrogen) atoms. The highest BCUT2D eigenvalue weighted by atomic mass is 35.5.